The molecule has 0 aromatic heterocycles. The highest BCUT2D eigenvalue weighted by molar-refractivity contribution is 5.98. The highest BCUT2D eigenvalue weighted by atomic mass is 16.1. The van der Waals surface area contributed by atoms with E-state index in [-0.39, 0.29) is 0 Å². The molecule has 2 atom stereocenters. The Bertz CT molecular complexity index is 313. The predicted octanol–water partition coefficient (Wildman–Crippen LogP) is 2.86. The maximum absolute atomic E-state index is 11.7. The summed E-state index contributed by atoms with van der Waals surface area (Å²) >= 11 is 0. The van der Waals surface area contributed by atoms with Crippen LogP contribution in [0.1, 0.15) is 45.4 Å². The zero-order valence-corrected chi connectivity index (χ0v) is 8.23. The molecule has 3 aliphatic rings. The fraction of sp³-hybridized carbons (Fsp3) is 0.750. The van der Waals surface area contributed by atoms with Crippen LogP contribution >= 0.6 is 0 Å². The van der Waals surface area contributed by atoms with Crippen molar-refractivity contribution in [2.45, 2.75) is 45.4 Å². The van der Waals surface area contributed by atoms with Gasteiger partial charge in [0, 0.05) is 6.42 Å². The lowest BCUT2D eigenvalue weighted by Crippen LogP contribution is -2.43. The Balaban J connectivity index is 2.10. The summed E-state index contributed by atoms with van der Waals surface area (Å²) in [7, 11) is 0. The second-order valence-electron chi connectivity index (χ2n) is 5.09. The second kappa shape index (κ2) is 2.26. The minimum Gasteiger partial charge on any atom is -0.295 e. The van der Waals surface area contributed by atoms with Crippen molar-refractivity contribution in [3.8, 4) is 0 Å². The van der Waals surface area contributed by atoms with Crippen LogP contribution < -0.4 is 0 Å². The third-order valence-corrected chi connectivity index (χ3v) is 4.59. The molecule has 3 aliphatic carbocycles. The molecule has 13 heavy (non-hydrogen) atoms. The number of carbonyl (C=O) groups excluding carboxylic acids is 1. The van der Waals surface area contributed by atoms with Crippen LogP contribution in [0, 0.1) is 11.3 Å². The van der Waals surface area contributed by atoms with E-state index in [1.807, 2.05) is 0 Å². The minimum absolute atomic E-state index is 0.458. The van der Waals surface area contributed by atoms with Gasteiger partial charge in [0.2, 0.25) is 0 Å². The first-order valence-corrected chi connectivity index (χ1v) is 5.47. The molecule has 1 fully saturated rings. The maximum atomic E-state index is 11.7. The summed E-state index contributed by atoms with van der Waals surface area (Å²) in [6.07, 6.45) is 7.02. The summed E-state index contributed by atoms with van der Waals surface area (Å²) < 4.78 is 0. The number of allylic oxidation sites excluding steroid dienone is 2. The Morgan fingerprint density at radius 1 is 1.38 bits per heavy atom. The summed E-state index contributed by atoms with van der Waals surface area (Å²) in [4.78, 5) is 11.7. The number of fused-ring (bicyclic) bond motifs is 2. The van der Waals surface area contributed by atoms with Crippen molar-refractivity contribution in [1.29, 1.82) is 0 Å². The van der Waals surface area contributed by atoms with Gasteiger partial charge in [-0.1, -0.05) is 12.5 Å². The van der Waals surface area contributed by atoms with E-state index in [0.29, 0.717) is 17.1 Å². The molecule has 0 radical (unpaired) electrons. The monoisotopic (exact) mass is 176 g/mol. The third-order valence-electron chi connectivity index (χ3n) is 4.59. The van der Waals surface area contributed by atoms with Gasteiger partial charge in [0.05, 0.1) is 0 Å². The summed E-state index contributed by atoms with van der Waals surface area (Å²) in [5, 5.41) is 0. The predicted molar refractivity (Wildman–Crippen MR) is 51.3 cm³/mol. The van der Waals surface area contributed by atoms with Gasteiger partial charge >= 0.3 is 0 Å². The molecule has 0 aliphatic heterocycles. The zero-order chi connectivity index (χ0) is 9.05. The van der Waals surface area contributed by atoms with Gasteiger partial charge in [-0.2, -0.15) is 0 Å². The molecule has 0 aromatic rings. The van der Waals surface area contributed by atoms with Gasteiger partial charge in [0.1, 0.15) is 0 Å². The summed E-state index contributed by atoms with van der Waals surface area (Å²) in [5.41, 5.74) is 3.25. The summed E-state index contributed by atoms with van der Waals surface area (Å²) in [5.74, 6) is 1.19. The van der Waals surface area contributed by atoms with E-state index in [1.165, 1.54) is 31.3 Å². The first-order chi connectivity index (χ1) is 6.22. The normalized spacial score (nSPS) is 42.8. The smallest absolute Gasteiger partial charge is 0.159 e. The first kappa shape index (κ1) is 7.78. The first-order valence-electron chi connectivity index (χ1n) is 5.47. The van der Waals surface area contributed by atoms with Gasteiger partial charge in [0.25, 0.3) is 0 Å². The molecule has 0 N–H and O–H groups in total. The standard InChI is InChI=1S/C12H16O/c1-12-6-5-8(12)7-11(13)9-3-2-4-10(9)12/h8H,2-7H2,1H3/t8-,12-/m0/s1. The van der Waals surface area contributed by atoms with Crippen molar-refractivity contribution >= 4 is 5.78 Å². The van der Waals surface area contributed by atoms with Gasteiger partial charge in [-0.3, -0.25) is 4.79 Å². The molecule has 0 spiro atoms. The fourth-order valence-corrected chi connectivity index (χ4v) is 3.53. The maximum Gasteiger partial charge on any atom is 0.159 e. The van der Waals surface area contributed by atoms with E-state index < -0.39 is 0 Å². The highest BCUT2D eigenvalue weighted by Gasteiger charge is 2.51. The Morgan fingerprint density at radius 3 is 2.92 bits per heavy atom. The van der Waals surface area contributed by atoms with Crippen molar-refractivity contribution in [2.24, 2.45) is 11.3 Å². The Kier molecular flexibility index (Phi) is 1.35. The van der Waals surface area contributed by atoms with E-state index in [9.17, 15) is 4.79 Å². The number of ketones is 1. The van der Waals surface area contributed by atoms with E-state index in [0.717, 1.165) is 12.8 Å². The fourth-order valence-electron chi connectivity index (χ4n) is 3.53. The Labute approximate surface area is 79.2 Å². The van der Waals surface area contributed by atoms with Crippen molar-refractivity contribution in [2.75, 3.05) is 0 Å². The molecular weight excluding hydrogens is 160 g/mol. The average Bonchev–Trinajstić information content (AvgIpc) is 2.57. The van der Waals surface area contributed by atoms with Crippen LogP contribution in [-0.4, -0.2) is 5.78 Å². The van der Waals surface area contributed by atoms with Crippen LogP contribution in [0.3, 0.4) is 0 Å². The number of hydrogen-bond donors (Lipinski definition) is 0. The lowest BCUT2D eigenvalue weighted by Gasteiger charge is -2.51. The van der Waals surface area contributed by atoms with Crippen molar-refractivity contribution < 1.29 is 4.79 Å². The lowest BCUT2D eigenvalue weighted by molar-refractivity contribution is -0.120. The van der Waals surface area contributed by atoms with E-state index in [2.05, 4.69) is 6.92 Å². The quantitative estimate of drug-likeness (QED) is 0.554. The van der Waals surface area contributed by atoms with Crippen LogP contribution in [0.2, 0.25) is 0 Å². The molecule has 1 nitrogen and oxygen atoms in total. The highest BCUT2D eigenvalue weighted by Crippen LogP contribution is 2.60. The van der Waals surface area contributed by atoms with Crippen LogP contribution in [0.4, 0.5) is 0 Å². The third kappa shape index (κ3) is 0.806. The molecule has 3 rings (SSSR count). The topological polar surface area (TPSA) is 17.1 Å². The summed E-state index contributed by atoms with van der Waals surface area (Å²) in [6.45, 7) is 2.38. The molecule has 1 heteroatoms. The van der Waals surface area contributed by atoms with Gasteiger partial charge in [-0.15, -0.1) is 0 Å². The van der Waals surface area contributed by atoms with E-state index in [4.69, 9.17) is 0 Å². The Hall–Kier alpha value is -0.590. The van der Waals surface area contributed by atoms with Crippen molar-refractivity contribution in [3.05, 3.63) is 11.1 Å². The van der Waals surface area contributed by atoms with Gasteiger partial charge < -0.3 is 0 Å². The molecule has 0 aromatic carbocycles. The summed E-state index contributed by atoms with van der Waals surface area (Å²) in [6, 6.07) is 0. The minimum atomic E-state index is 0.458. The van der Waals surface area contributed by atoms with E-state index >= 15 is 0 Å². The molecule has 70 valence electrons. The van der Waals surface area contributed by atoms with Crippen molar-refractivity contribution in [1.82, 2.24) is 0 Å². The second-order valence-corrected chi connectivity index (χ2v) is 5.09. The lowest BCUT2D eigenvalue weighted by atomic mass is 9.53. The van der Waals surface area contributed by atoms with Crippen LogP contribution in [-0.2, 0) is 4.79 Å². The SMILES string of the molecule is C[C@]12CC[C@H]1CC(=O)C1=C2CCC1. The number of rotatable bonds is 0. The van der Waals surface area contributed by atoms with Crippen LogP contribution in [0.25, 0.3) is 0 Å². The molecule has 0 bridgehead atoms. The van der Waals surface area contributed by atoms with Gasteiger partial charge in [-0.05, 0) is 49.0 Å². The molecule has 0 unspecified atom stereocenters. The Morgan fingerprint density at radius 2 is 2.23 bits per heavy atom. The van der Waals surface area contributed by atoms with Gasteiger partial charge in [0.15, 0.2) is 5.78 Å². The average molecular weight is 176 g/mol. The molecule has 0 heterocycles. The molecule has 0 amide bonds. The van der Waals surface area contributed by atoms with Crippen LogP contribution in [0.15, 0.2) is 11.1 Å². The number of Topliss-reactive ketones (excluding diaryl/α,β-unsaturated/α-hetero) is 1. The molecule has 1 saturated carbocycles. The molecular formula is C12H16O. The van der Waals surface area contributed by atoms with Crippen molar-refractivity contribution in [3.63, 3.8) is 0 Å². The number of carbonyl (C=O) groups is 1. The largest absolute Gasteiger partial charge is 0.295 e. The zero-order valence-electron chi connectivity index (χ0n) is 8.23. The number of hydrogen-bond acceptors (Lipinski definition) is 1. The van der Waals surface area contributed by atoms with E-state index in [1.54, 1.807) is 5.57 Å². The van der Waals surface area contributed by atoms with Crippen LogP contribution in [0.5, 0.6) is 0 Å². The molecule has 0 saturated heterocycles. The van der Waals surface area contributed by atoms with Gasteiger partial charge in [-0.25, -0.2) is 0 Å².